The molecule has 5 heteroatoms. The van der Waals surface area contributed by atoms with Gasteiger partial charge in [-0.05, 0) is 49.1 Å². The van der Waals surface area contributed by atoms with Gasteiger partial charge in [-0.1, -0.05) is 18.2 Å². The van der Waals surface area contributed by atoms with Gasteiger partial charge in [0.1, 0.15) is 5.54 Å². The van der Waals surface area contributed by atoms with Crippen molar-refractivity contribution >= 4 is 33.3 Å². The van der Waals surface area contributed by atoms with Crippen LogP contribution in [0.3, 0.4) is 0 Å². The Hall–Kier alpha value is -1.88. The Bertz CT molecular complexity index is 690. The predicted octanol–water partition coefficient (Wildman–Crippen LogP) is 3.55. The van der Waals surface area contributed by atoms with Gasteiger partial charge in [-0.25, -0.2) is 4.79 Å². The maximum Gasteiger partial charge on any atom is 0.329 e. The molecule has 0 aliphatic heterocycles. The average Bonchev–Trinajstić information content (AvgIpc) is 2.89. The zero-order chi connectivity index (χ0) is 16.3. The van der Waals surface area contributed by atoms with Gasteiger partial charge in [0.25, 0.3) is 0 Å². The summed E-state index contributed by atoms with van der Waals surface area (Å²) in [6.45, 7) is 3.08. The van der Waals surface area contributed by atoms with Gasteiger partial charge >= 0.3 is 5.97 Å². The maximum atomic E-state index is 12.2. The van der Waals surface area contributed by atoms with Crippen molar-refractivity contribution in [3.63, 3.8) is 0 Å². The molecule has 1 aromatic heterocycles. The van der Waals surface area contributed by atoms with Crippen LogP contribution in [0.2, 0.25) is 0 Å². The number of aryl methyl sites for hydroxylation is 1. The van der Waals surface area contributed by atoms with Crippen molar-refractivity contribution in [2.75, 3.05) is 7.05 Å². The molecule has 1 heterocycles. The minimum absolute atomic E-state index is 0.132. The molecule has 0 aliphatic carbocycles. The first-order valence-electron chi connectivity index (χ1n) is 7.29. The Labute approximate surface area is 134 Å². The van der Waals surface area contributed by atoms with Gasteiger partial charge in [0.05, 0.1) is 0 Å². The van der Waals surface area contributed by atoms with Crippen molar-refractivity contribution in [3.05, 3.63) is 35.2 Å². The highest BCUT2D eigenvalue weighted by Gasteiger charge is 2.34. The SMILES string of the molecule is CN(C(=O)CCCc1csc2ccccc12)C(C)(C)C(=O)O. The Morgan fingerprint density at radius 3 is 2.64 bits per heavy atom. The van der Waals surface area contributed by atoms with Gasteiger partial charge in [0.2, 0.25) is 5.91 Å². The summed E-state index contributed by atoms with van der Waals surface area (Å²) in [5.41, 5.74) is 0.0835. The molecule has 1 aromatic carbocycles. The standard InChI is InChI=1S/C17H21NO3S/c1-17(2,16(20)21)18(3)15(19)10-6-7-12-11-22-14-9-5-4-8-13(12)14/h4-5,8-9,11H,6-7,10H2,1-3H3,(H,20,21). The highest BCUT2D eigenvalue weighted by molar-refractivity contribution is 7.17. The molecule has 0 unspecified atom stereocenters. The lowest BCUT2D eigenvalue weighted by Gasteiger charge is -2.31. The smallest absolute Gasteiger partial charge is 0.329 e. The van der Waals surface area contributed by atoms with Crippen LogP contribution in [0.4, 0.5) is 0 Å². The minimum Gasteiger partial charge on any atom is -0.480 e. The first-order chi connectivity index (χ1) is 10.3. The molecule has 118 valence electrons. The molecule has 0 spiro atoms. The van der Waals surface area contributed by atoms with Gasteiger partial charge in [0.15, 0.2) is 0 Å². The van der Waals surface area contributed by atoms with Gasteiger partial charge in [-0.15, -0.1) is 11.3 Å². The van der Waals surface area contributed by atoms with Crippen LogP contribution in [-0.2, 0) is 16.0 Å². The molecule has 1 N–H and O–H groups in total. The average molecular weight is 319 g/mol. The van der Waals surface area contributed by atoms with Crippen molar-refractivity contribution in [2.45, 2.75) is 38.6 Å². The lowest BCUT2D eigenvalue weighted by molar-refractivity contribution is -0.155. The fourth-order valence-electron chi connectivity index (χ4n) is 2.28. The van der Waals surface area contributed by atoms with Crippen molar-refractivity contribution in [2.24, 2.45) is 0 Å². The number of carbonyl (C=O) groups is 2. The number of likely N-dealkylation sites (N-methyl/N-ethyl adjacent to an activating group) is 1. The normalized spacial score (nSPS) is 11.6. The number of benzene rings is 1. The molecular formula is C17H21NO3S. The Morgan fingerprint density at radius 1 is 1.27 bits per heavy atom. The van der Waals surface area contributed by atoms with E-state index >= 15 is 0 Å². The summed E-state index contributed by atoms with van der Waals surface area (Å²) in [6.07, 6.45) is 1.91. The summed E-state index contributed by atoms with van der Waals surface area (Å²) in [6, 6.07) is 8.24. The summed E-state index contributed by atoms with van der Waals surface area (Å²) in [7, 11) is 1.55. The summed E-state index contributed by atoms with van der Waals surface area (Å²) in [4.78, 5) is 24.7. The van der Waals surface area contributed by atoms with Crippen LogP contribution in [0.1, 0.15) is 32.3 Å². The van der Waals surface area contributed by atoms with Crippen molar-refractivity contribution in [3.8, 4) is 0 Å². The number of aliphatic carboxylic acids is 1. The molecule has 0 saturated heterocycles. The molecule has 0 saturated carbocycles. The van der Waals surface area contributed by atoms with Crippen LogP contribution >= 0.6 is 11.3 Å². The first-order valence-corrected chi connectivity index (χ1v) is 8.17. The Balaban J connectivity index is 1.94. The second kappa shape index (κ2) is 6.48. The number of amides is 1. The van der Waals surface area contributed by atoms with Gasteiger partial charge in [-0.3, -0.25) is 4.79 Å². The van der Waals surface area contributed by atoms with Gasteiger partial charge < -0.3 is 10.0 Å². The molecule has 0 atom stereocenters. The highest BCUT2D eigenvalue weighted by atomic mass is 32.1. The van der Waals surface area contributed by atoms with E-state index in [1.54, 1.807) is 32.2 Å². The fourth-order valence-corrected chi connectivity index (χ4v) is 3.28. The van der Waals surface area contributed by atoms with Crippen LogP contribution in [0, 0.1) is 0 Å². The number of rotatable bonds is 6. The molecule has 0 radical (unpaired) electrons. The van der Waals surface area contributed by atoms with Crippen LogP contribution < -0.4 is 0 Å². The van der Waals surface area contributed by atoms with Crippen molar-refractivity contribution in [1.82, 2.24) is 4.90 Å². The third-order valence-electron chi connectivity index (χ3n) is 4.13. The van der Waals surface area contributed by atoms with E-state index in [4.69, 9.17) is 5.11 Å². The number of thiophene rings is 1. The summed E-state index contributed by atoms with van der Waals surface area (Å²) >= 11 is 1.71. The van der Waals surface area contributed by atoms with E-state index in [1.165, 1.54) is 20.5 Å². The van der Waals surface area contributed by atoms with E-state index in [2.05, 4.69) is 17.5 Å². The fraction of sp³-hybridized carbons (Fsp3) is 0.412. The van der Waals surface area contributed by atoms with E-state index < -0.39 is 11.5 Å². The number of nitrogens with zero attached hydrogens (tertiary/aromatic N) is 1. The lowest BCUT2D eigenvalue weighted by atomic mass is 10.0. The number of carboxylic acids is 1. The maximum absolute atomic E-state index is 12.2. The van der Waals surface area contributed by atoms with E-state index in [1.807, 2.05) is 12.1 Å². The summed E-state index contributed by atoms with van der Waals surface area (Å²) in [5.74, 6) is -1.13. The van der Waals surface area contributed by atoms with Crippen LogP contribution in [0.5, 0.6) is 0 Å². The van der Waals surface area contributed by atoms with Crippen LogP contribution in [-0.4, -0.2) is 34.5 Å². The molecular weight excluding hydrogens is 298 g/mol. The quantitative estimate of drug-likeness (QED) is 0.886. The topological polar surface area (TPSA) is 57.6 Å². The molecule has 0 bridgehead atoms. The van der Waals surface area contributed by atoms with Crippen molar-refractivity contribution in [1.29, 1.82) is 0 Å². The van der Waals surface area contributed by atoms with Crippen LogP contribution in [0.15, 0.2) is 29.6 Å². The number of hydrogen-bond donors (Lipinski definition) is 1. The predicted molar refractivity (Wildman–Crippen MR) is 89.2 cm³/mol. The Kier molecular flexibility index (Phi) is 4.86. The largest absolute Gasteiger partial charge is 0.480 e. The molecule has 2 aromatic rings. The second-order valence-electron chi connectivity index (χ2n) is 5.93. The molecule has 22 heavy (non-hydrogen) atoms. The monoisotopic (exact) mass is 319 g/mol. The van der Waals surface area contributed by atoms with Gasteiger partial charge in [-0.2, -0.15) is 0 Å². The number of carbonyl (C=O) groups excluding carboxylic acids is 1. The van der Waals surface area contributed by atoms with Gasteiger partial charge in [0, 0.05) is 18.2 Å². The minimum atomic E-state index is -1.17. The van der Waals surface area contributed by atoms with E-state index in [0.717, 1.165) is 12.8 Å². The molecule has 2 rings (SSSR count). The van der Waals surface area contributed by atoms with E-state index in [9.17, 15) is 9.59 Å². The Morgan fingerprint density at radius 2 is 1.95 bits per heavy atom. The third kappa shape index (κ3) is 3.30. The number of carboxylic acid groups (broad SMARTS) is 1. The van der Waals surface area contributed by atoms with Crippen LogP contribution in [0.25, 0.3) is 10.1 Å². The number of hydrogen-bond acceptors (Lipinski definition) is 3. The van der Waals surface area contributed by atoms with E-state index in [0.29, 0.717) is 6.42 Å². The second-order valence-corrected chi connectivity index (χ2v) is 6.84. The summed E-state index contributed by atoms with van der Waals surface area (Å²) < 4.78 is 1.26. The highest BCUT2D eigenvalue weighted by Crippen LogP contribution is 2.27. The molecule has 0 aliphatic rings. The third-order valence-corrected chi connectivity index (χ3v) is 5.15. The number of fused-ring (bicyclic) bond motifs is 1. The lowest BCUT2D eigenvalue weighted by Crippen LogP contribution is -2.50. The molecule has 4 nitrogen and oxygen atoms in total. The molecule has 1 amide bonds. The van der Waals surface area contributed by atoms with Crippen molar-refractivity contribution < 1.29 is 14.7 Å². The van der Waals surface area contributed by atoms with E-state index in [-0.39, 0.29) is 5.91 Å². The summed E-state index contributed by atoms with van der Waals surface area (Å²) in [5, 5.41) is 12.6. The zero-order valence-corrected chi connectivity index (χ0v) is 13.9. The molecule has 0 fully saturated rings. The first kappa shape index (κ1) is 16.5. The zero-order valence-electron chi connectivity index (χ0n) is 13.1.